The average Bonchev–Trinajstić information content (AvgIpc) is 2.37. The maximum atomic E-state index is 10.8. The summed E-state index contributed by atoms with van der Waals surface area (Å²) < 4.78 is 5.24. The molecule has 0 saturated heterocycles. The fourth-order valence-electron chi connectivity index (χ4n) is 2.03. The molecule has 1 atom stereocenters. The molecule has 20 heavy (non-hydrogen) atoms. The number of carboxylic acids is 2. The number of carboxylic acid groups (broad SMARTS) is 2. The summed E-state index contributed by atoms with van der Waals surface area (Å²) in [5, 5.41) is 17.7. The van der Waals surface area contributed by atoms with Crippen LogP contribution in [0.4, 0.5) is 0 Å². The number of nitrogens with zero attached hydrogens (tertiary/aromatic N) is 1. The van der Waals surface area contributed by atoms with Gasteiger partial charge in [0.1, 0.15) is 5.75 Å². The summed E-state index contributed by atoms with van der Waals surface area (Å²) in [6.45, 7) is 1.20. The molecule has 0 amide bonds. The fraction of sp³-hybridized carbons (Fsp3) is 0.429. The number of methoxy groups -OCH3 is 1. The van der Waals surface area contributed by atoms with Crippen molar-refractivity contribution in [2.45, 2.75) is 19.4 Å². The van der Waals surface area contributed by atoms with Gasteiger partial charge in [0.15, 0.2) is 0 Å². The van der Waals surface area contributed by atoms with Crippen molar-refractivity contribution in [3.8, 4) is 5.75 Å². The van der Waals surface area contributed by atoms with Gasteiger partial charge in [-0.15, -0.1) is 0 Å². The van der Waals surface area contributed by atoms with Crippen molar-refractivity contribution in [2.75, 3.05) is 20.2 Å². The third-order valence-corrected chi connectivity index (χ3v) is 3.01. The van der Waals surface area contributed by atoms with Crippen LogP contribution < -0.4 is 4.74 Å². The van der Waals surface area contributed by atoms with Crippen molar-refractivity contribution in [3.05, 3.63) is 29.8 Å². The average molecular weight is 281 g/mol. The van der Waals surface area contributed by atoms with Gasteiger partial charge in [0.25, 0.3) is 0 Å². The van der Waals surface area contributed by atoms with Gasteiger partial charge in [-0.05, 0) is 25.0 Å². The second-order valence-corrected chi connectivity index (χ2v) is 4.56. The Morgan fingerprint density at radius 1 is 1.20 bits per heavy atom. The molecule has 0 bridgehead atoms. The van der Waals surface area contributed by atoms with Gasteiger partial charge in [0, 0.05) is 6.04 Å². The minimum Gasteiger partial charge on any atom is -0.496 e. The van der Waals surface area contributed by atoms with Gasteiger partial charge in [0.05, 0.1) is 20.2 Å². The largest absolute Gasteiger partial charge is 0.496 e. The number of rotatable bonds is 8. The molecule has 1 aromatic rings. The van der Waals surface area contributed by atoms with Gasteiger partial charge in [-0.1, -0.05) is 18.2 Å². The Morgan fingerprint density at radius 3 is 2.25 bits per heavy atom. The zero-order valence-corrected chi connectivity index (χ0v) is 11.6. The molecule has 1 aromatic carbocycles. The van der Waals surface area contributed by atoms with Crippen LogP contribution in [-0.2, 0) is 16.0 Å². The van der Waals surface area contributed by atoms with E-state index in [4.69, 9.17) is 14.9 Å². The molecular weight excluding hydrogens is 262 g/mol. The topological polar surface area (TPSA) is 87.1 Å². The highest BCUT2D eigenvalue weighted by Crippen LogP contribution is 2.20. The van der Waals surface area contributed by atoms with E-state index in [-0.39, 0.29) is 19.1 Å². The SMILES string of the molecule is COc1ccccc1CC(C)N(CC(=O)O)CC(=O)O. The lowest BCUT2D eigenvalue weighted by atomic mass is 10.0. The highest BCUT2D eigenvalue weighted by atomic mass is 16.5. The lowest BCUT2D eigenvalue weighted by molar-refractivity contribution is -0.142. The second kappa shape index (κ2) is 7.49. The molecule has 6 heteroatoms. The summed E-state index contributed by atoms with van der Waals surface area (Å²) in [5.74, 6) is -1.37. The molecule has 2 N–H and O–H groups in total. The van der Waals surface area contributed by atoms with Crippen LogP contribution in [0.2, 0.25) is 0 Å². The molecule has 1 rings (SSSR count). The Bertz CT molecular complexity index is 458. The minimum atomic E-state index is -1.04. The van der Waals surface area contributed by atoms with Crippen LogP contribution in [0, 0.1) is 0 Å². The summed E-state index contributed by atoms with van der Waals surface area (Å²) in [4.78, 5) is 23.0. The van der Waals surface area contributed by atoms with E-state index in [0.717, 1.165) is 5.56 Å². The fourth-order valence-corrected chi connectivity index (χ4v) is 2.03. The highest BCUT2D eigenvalue weighted by molar-refractivity contribution is 5.72. The lowest BCUT2D eigenvalue weighted by Gasteiger charge is -2.26. The number of carbonyl (C=O) groups is 2. The third kappa shape index (κ3) is 4.89. The first-order chi connectivity index (χ1) is 9.43. The molecule has 0 spiro atoms. The zero-order chi connectivity index (χ0) is 15.1. The van der Waals surface area contributed by atoms with Gasteiger partial charge in [-0.25, -0.2) is 0 Å². The van der Waals surface area contributed by atoms with Crippen LogP contribution in [0.25, 0.3) is 0 Å². The Hall–Kier alpha value is -2.08. The van der Waals surface area contributed by atoms with Gasteiger partial charge in [-0.3, -0.25) is 14.5 Å². The Kier molecular flexibility index (Phi) is 5.99. The molecule has 0 aliphatic heterocycles. The van der Waals surface area contributed by atoms with Gasteiger partial charge in [0.2, 0.25) is 0 Å². The second-order valence-electron chi connectivity index (χ2n) is 4.56. The van der Waals surface area contributed by atoms with E-state index >= 15 is 0 Å². The van der Waals surface area contributed by atoms with E-state index in [1.165, 1.54) is 4.90 Å². The smallest absolute Gasteiger partial charge is 0.317 e. The molecule has 0 fully saturated rings. The van der Waals surface area contributed by atoms with Crippen molar-refractivity contribution in [1.82, 2.24) is 4.90 Å². The quantitative estimate of drug-likeness (QED) is 0.742. The summed E-state index contributed by atoms with van der Waals surface area (Å²) in [7, 11) is 1.57. The molecule has 0 aliphatic rings. The summed E-state index contributed by atoms with van der Waals surface area (Å²) in [5.41, 5.74) is 0.920. The number of para-hydroxylation sites is 1. The number of hydrogen-bond acceptors (Lipinski definition) is 4. The molecule has 110 valence electrons. The first kappa shape index (κ1) is 16.0. The standard InChI is InChI=1S/C14H19NO5/c1-10(15(8-13(16)17)9-14(18)19)7-11-5-3-4-6-12(11)20-2/h3-6,10H,7-9H2,1-2H3,(H,16,17)(H,18,19). The van der Waals surface area contributed by atoms with Gasteiger partial charge < -0.3 is 14.9 Å². The summed E-state index contributed by atoms with van der Waals surface area (Å²) in [6, 6.07) is 7.19. The minimum absolute atomic E-state index is 0.224. The molecule has 0 aliphatic carbocycles. The molecular formula is C14H19NO5. The Morgan fingerprint density at radius 2 is 1.75 bits per heavy atom. The molecule has 6 nitrogen and oxygen atoms in total. The van der Waals surface area contributed by atoms with Crippen molar-refractivity contribution >= 4 is 11.9 Å². The third-order valence-electron chi connectivity index (χ3n) is 3.01. The van der Waals surface area contributed by atoms with Crippen LogP contribution in [0.1, 0.15) is 12.5 Å². The normalized spacial score (nSPS) is 12.2. The van der Waals surface area contributed by atoms with E-state index in [1.807, 2.05) is 24.3 Å². The molecule has 1 unspecified atom stereocenters. The van der Waals surface area contributed by atoms with Gasteiger partial charge >= 0.3 is 11.9 Å². The first-order valence-electron chi connectivity index (χ1n) is 6.23. The first-order valence-corrected chi connectivity index (χ1v) is 6.23. The number of aliphatic carboxylic acids is 2. The van der Waals surface area contributed by atoms with Crippen LogP contribution in [0.15, 0.2) is 24.3 Å². The Balaban J connectivity index is 2.81. The maximum absolute atomic E-state index is 10.8. The Labute approximate surface area is 117 Å². The van der Waals surface area contributed by atoms with Crippen LogP contribution in [-0.4, -0.2) is 53.3 Å². The van der Waals surface area contributed by atoms with Gasteiger partial charge in [-0.2, -0.15) is 0 Å². The predicted molar refractivity (Wildman–Crippen MR) is 73.0 cm³/mol. The van der Waals surface area contributed by atoms with E-state index < -0.39 is 11.9 Å². The van der Waals surface area contributed by atoms with E-state index in [9.17, 15) is 9.59 Å². The molecule has 0 radical (unpaired) electrons. The number of hydrogen-bond donors (Lipinski definition) is 2. The van der Waals surface area contributed by atoms with Crippen LogP contribution in [0.5, 0.6) is 5.75 Å². The van der Waals surface area contributed by atoms with Crippen LogP contribution >= 0.6 is 0 Å². The number of ether oxygens (including phenoxy) is 1. The summed E-state index contributed by atoms with van der Waals surface area (Å²) in [6.07, 6.45) is 0.518. The van der Waals surface area contributed by atoms with E-state index in [0.29, 0.717) is 12.2 Å². The maximum Gasteiger partial charge on any atom is 0.317 e. The van der Waals surface area contributed by atoms with Crippen LogP contribution in [0.3, 0.4) is 0 Å². The number of benzene rings is 1. The van der Waals surface area contributed by atoms with Crippen molar-refractivity contribution in [2.24, 2.45) is 0 Å². The van der Waals surface area contributed by atoms with E-state index in [2.05, 4.69) is 0 Å². The monoisotopic (exact) mass is 281 g/mol. The highest BCUT2D eigenvalue weighted by Gasteiger charge is 2.20. The zero-order valence-electron chi connectivity index (χ0n) is 11.6. The van der Waals surface area contributed by atoms with E-state index in [1.54, 1.807) is 14.0 Å². The summed E-state index contributed by atoms with van der Waals surface area (Å²) >= 11 is 0. The van der Waals surface area contributed by atoms with Crippen molar-refractivity contribution < 1.29 is 24.5 Å². The molecule has 0 heterocycles. The molecule has 0 saturated carbocycles. The lowest BCUT2D eigenvalue weighted by Crippen LogP contribution is -2.41. The predicted octanol–water partition coefficient (Wildman–Crippen LogP) is 1.10. The van der Waals surface area contributed by atoms with Crippen molar-refractivity contribution in [1.29, 1.82) is 0 Å². The molecule has 0 aromatic heterocycles. The van der Waals surface area contributed by atoms with Crippen molar-refractivity contribution in [3.63, 3.8) is 0 Å².